The van der Waals surface area contributed by atoms with Crippen molar-refractivity contribution in [2.24, 2.45) is 0 Å². The highest BCUT2D eigenvalue weighted by molar-refractivity contribution is 5.76. The summed E-state index contributed by atoms with van der Waals surface area (Å²) in [5.41, 5.74) is 0.916. The molecule has 13 heavy (non-hydrogen) atoms. The number of Topliss-reactive ketones (excluding diaryl/α,β-unsaturated/α-hetero) is 1. The van der Waals surface area contributed by atoms with E-state index in [1.807, 2.05) is 0 Å². The summed E-state index contributed by atoms with van der Waals surface area (Å²) in [5.74, 6) is 0.420. The fourth-order valence-electron chi connectivity index (χ4n) is 0.962. The van der Waals surface area contributed by atoms with E-state index in [1.54, 1.807) is 31.2 Å². The van der Waals surface area contributed by atoms with Crippen molar-refractivity contribution in [3.8, 4) is 5.75 Å². The number of nitrogens with one attached hydrogen (secondary N) is 1. The average molecular weight is 179 g/mol. The highest BCUT2D eigenvalue weighted by Gasteiger charge is 1.94. The van der Waals surface area contributed by atoms with Crippen molar-refractivity contribution in [1.82, 2.24) is 0 Å². The Labute approximate surface area is 77.4 Å². The lowest BCUT2D eigenvalue weighted by atomic mass is 10.3. The maximum absolute atomic E-state index is 10.6. The predicted octanol–water partition coefficient (Wildman–Crippen LogP) is 1.78. The molecule has 0 radical (unpaired) electrons. The lowest BCUT2D eigenvalue weighted by molar-refractivity contribution is -0.116. The summed E-state index contributed by atoms with van der Waals surface area (Å²) in [7, 11) is 0. The Morgan fingerprint density at radius 3 is 2.54 bits per heavy atom. The van der Waals surface area contributed by atoms with Crippen molar-refractivity contribution in [2.45, 2.75) is 13.3 Å². The van der Waals surface area contributed by atoms with Crippen molar-refractivity contribution < 1.29 is 9.90 Å². The zero-order valence-electron chi connectivity index (χ0n) is 7.58. The molecule has 0 aromatic heterocycles. The van der Waals surface area contributed by atoms with Crippen LogP contribution in [0.1, 0.15) is 13.3 Å². The summed E-state index contributed by atoms with van der Waals surface area (Å²) in [6, 6.07) is 6.76. The van der Waals surface area contributed by atoms with Gasteiger partial charge >= 0.3 is 0 Å². The van der Waals surface area contributed by atoms with Gasteiger partial charge in [-0.3, -0.25) is 4.79 Å². The first kappa shape index (κ1) is 9.58. The van der Waals surface area contributed by atoms with Crippen molar-refractivity contribution in [3.05, 3.63) is 24.3 Å². The Morgan fingerprint density at radius 2 is 2.00 bits per heavy atom. The zero-order chi connectivity index (χ0) is 9.68. The number of hydrogen-bond donors (Lipinski definition) is 2. The zero-order valence-corrected chi connectivity index (χ0v) is 7.58. The Kier molecular flexibility index (Phi) is 3.31. The number of phenolic OH excluding ortho intramolecular Hbond substituents is 1. The van der Waals surface area contributed by atoms with E-state index in [2.05, 4.69) is 5.32 Å². The van der Waals surface area contributed by atoms with E-state index < -0.39 is 0 Å². The van der Waals surface area contributed by atoms with Gasteiger partial charge in [-0.2, -0.15) is 0 Å². The number of aromatic hydroxyl groups is 1. The third-order valence-corrected chi connectivity index (χ3v) is 1.67. The molecule has 2 N–H and O–H groups in total. The van der Waals surface area contributed by atoms with Crippen LogP contribution in [0, 0.1) is 0 Å². The average Bonchev–Trinajstić information content (AvgIpc) is 2.08. The van der Waals surface area contributed by atoms with E-state index in [9.17, 15) is 4.79 Å². The highest BCUT2D eigenvalue weighted by atomic mass is 16.3. The molecular weight excluding hydrogens is 166 g/mol. The molecule has 0 aliphatic heterocycles. The molecule has 1 aromatic rings. The topological polar surface area (TPSA) is 49.3 Å². The largest absolute Gasteiger partial charge is 0.508 e. The van der Waals surface area contributed by atoms with E-state index >= 15 is 0 Å². The van der Waals surface area contributed by atoms with Crippen LogP contribution in [0.3, 0.4) is 0 Å². The molecule has 3 heteroatoms. The third kappa shape index (κ3) is 3.60. The lowest BCUT2D eigenvalue weighted by Crippen LogP contribution is -2.05. The SMILES string of the molecule is CC(=O)CCNc1ccc(O)cc1. The maximum atomic E-state index is 10.6. The number of phenols is 1. The second-order valence-corrected chi connectivity index (χ2v) is 2.93. The Balaban J connectivity index is 2.37. The monoisotopic (exact) mass is 179 g/mol. The molecule has 70 valence electrons. The minimum atomic E-state index is 0.172. The summed E-state index contributed by atoms with van der Waals surface area (Å²) in [6.07, 6.45) is 0.529. The minimum absolute atomic E-state index is 0.172. The van der Waals surface area contributed by atoms with Crippen LogP contribution < -0.4 is 5.32 Å². The van der Waals surface area contributed by atoms with Crippen LogP contribution in [0.2, 0.25) is 0 Å². The van der Waals surface area contributed by atoms with Gasteiger partial charge in [-0.05, 0) is 31.2 Å². The number of hydrogen-bond acceptors (Lipinski definition) is 3. The molecule has 0 saturated carbocycles. The van der Waals surface area contributed by atoms with Crippen molar-refractivity contribution in [3.63, 3.8) is 0 Å². The fourth-order valence-corrected chi connectivity index (χ4v) is 0.962. The summed E-state index contributed by atoms with van der Waals surface area (Å²) >= 11 is 0. The van der Waals surface area contributed by atoms with E-state index in [0.29, 0.717) is 13.0 Å². The van der Waals surface area contributed by atoms with Crippen molar-refractivity contribution in [2.75, 3.05) is 11.9 Å². The number of carbonyl (C=O) groups excluding carboxylic acids is 1. The number of carbonyl (C=O) groups is 1. The molecular formula is C10H13NO2. The second kappa shape index (κ2) is 4.50. The lowest BCUT2D eigenvalue weighted by Gasteiger charge is -2.04. The van der Waals surface area contributed by atoms with Crippen LogP contribution in [0.15, 0.2) is 24.3 Å². The van der Waals surface area contributed by atoms with E-state index in [0.717, 1.165) is 5.69 Å². The first-order valence-corrected chi connectivity index (χ1v) is 4.21. The summed E-state index contributed by atoms with van der Waals surface area (Å²) < 4.78 is 0. The van der Waals surface area contributed by atoms with Gasteiger partial charge in [0.05, 0.1) is 0 Å². The van der Waals surface area contributed by atoms with Crippen molar-refractivity contribution >= 4 is 11.5 Å². The third-order valence-electron chi connectivity index (χ3n) is 1.67. The second-order valence-electron chi connectivity index (χ2n) is 2.93. The number of rotatable bonds is 4. The first-order chi connectivity index (χ1) is 6.18. The smallest absolute Gasteiger partial charge is 0.131 e. The van der Waals surface area contributed by atoms with Gasteiger partial charge in [-0.15, -0.1) is 0 Å². The molecule has 0 heterocycles. The fraction of sp³-hybridized carbons (Fsp3) is 0.300. The summed E-state index contributed by atoms with van der Waals surface area (Å²) in [5, 5.41) is 12.1. The maximum Gasteiger partial charge on any atom is 0.131 e. The molecule has 0 bridgehead atoms. The van der Waals surface area contributed by atoms with Gasteiger partial charge in [0.1, 0.15) is 11.5 Å². The molecule has 0 atom stereocenters. The van der Waals surface area contributed by atoms with E-state index in [-0.39, 0.29) is 11.5 Å². The molecule has 0 unspecified atom stereocenters. The molecule has 0 aliphatic rings. The minimum Gasteiger partial charge on any atom is -0.508 e. The molecule has 0 amide bonds. The molecule has 1 aromatic carbocycles. The van der Waals surface area contributed by atoms with Crippen LogP contribution in [0.4, 0.5) is 5.69 Å². The summed E-state index contributed by atoms with van der Waals surface area (Å²) in [6.45, 7) is 2.21. The van der Waals surface area contributed by atoms with Gasteiger partial charge in [0.25, 0.3) is 0 Å². The number of benzene rings is 1. The van der Waals surface area contributed by atoms with Gasteiger partial charge in [-0.25, -0.2) is 0 Å². The van der Waals surface area contributed by atoms with Gasteiger partial charge in [0.15, 0.2) is 0 Å². The van der Waals surface area contributed by atoms with E-state index in [4.69, 9.17) is 5.11 Å². The molecule has 3 nitrogen and oxygen atoms in total. The number of anilines is 1. The molecule has 0 saturated heterocycles. The predicted molar refractivity (Wildman–Crippen MR) is 51.9 cm³/mol. The van der Waals surface area contributed by atoms with Crippen LogP contribution in [0.5, 0.6) is 5.75 Å². The Bertz CT molecular complexity index is 279. The van der Waals surface area contributed by atoms with Crippen LogP contribution >= 0.6 is 0 Å². The number of ketones is 1. The first-order valence-electron chi connectivity index (χ1n) is 4.21. The van der Waals surface area contributed by atoms with E-state index in [1.165, 1.54) is 0 Å². The highest BCUT2D eigenvalue weighted by Crippen LogP contribution is 2.13. The standard InChI is InChI=1S/C10H13NO2/c1-8(12)6-7-11-9-2-4-10(13)5-3-9/h2-5,11,13H,6-7H2,1H3. The van der Waals surface area contributed by atoms with Crippen LogP contribution in [-0.4, -0.2) is 17.4 Å². The van der Waals surface area contributed by atoms with Gasteiger partial charge in [0, 0.05) is 18.7 Å². The summed E-state index contributed by atoms with van der Waals surface area (Å²) in [4.78, 5) is 10.6. The van der Waals surface area contributed by atoms with Crippen molar-refractivity contribution in [1.29, 1.82) is 0 Å². The molecule has 1 rings (SSSR count). The normalized spacial score (nSPS) is 9.62. The quantitative estimate of drug-likeness (QED) is 0.693. The van der Waals surface area contributed by atoms with Gasteiger partial charge < -0.3 is 10.4 Å². The van der Waals surface area contributed by atoms with Gasteiger partial charge in [0.2, 0.25) is 0 Å². The Hall–Kier alpha value is -1.51. The Morgan fingerprint density at radius 1 is 1.38 bits per heavy atom. The molecule has 0 spiro atoms. The molecule has 0 fully saturated rings. The molecule has 0 aliphatic carbocycles. The van der Waals surface area contributed by atoms with Crippen LogP contribution in [0.25, 0.3) is 0 Å². The van der Waals surface area contributed by atoms with Gasteiger partial charge in [-0.1, -0.05) is 0 Å². The van der Waals surface area contributed by atoms with Crippen LogP contribution in [-0.2, 0) is 4.79 Å².